The van der Waals surface area contributed by atoms with Gasteiger partial charge in [0, 0.05) is 32.0 Å². The van der Waals surface area contributed by atoms with Crippen molar-refractivity contribution in [1.82, 2.24) is 15.1 Å². The zero-order valence-corrected chi connectivity index (χ0v) is 17.0. The van der Waals surface area contributed by atoms with Crippen LogP contribution in [0.1, 0.15) is 32.6 Å². The smallest absolute Gasteiger partial charge is 0.548 e. The van der Waals surface area contributed by atoms with Crippen LogP contribution in [0.15, 0.2) is 12.4 Å². The molecule has 0 radical (unpaired) electrons. The van der Waals surface area contributed by atoms with Crippen LogP contribution in [0.25, 0.3) is 0 Å². The molecule has 3 heterocycles. The minimum absolute atomic E-state index is 0. The molecule has 9 heteroatoms. The zero-order valence-electron chi connectivity index (χ0n) is 15.0. The molecular formula is C16H23N4NaO4. The van der Waals surface area contributed by atoms with Crippen LogP contribution in [-0.2, 0) is 21.4 Å². The Morgan fingerprint density at radius 1 is 1.32 bits per heavy atom. The first-order valence-corrected chi connectivity index (χ1v) is 8.27. The predicted octanol–water partition coefficient (Wildman–Crippen LogP) is -3.80. The molecule has 1 aromatic rings. The predicted molar refractivity (Wildman–Crippen MR) is 84.1 cm³/mol. The van der Waals surface area contributed by atoms with Crippen molar-refractivity contribution in [2.45, 2.75) is 50.2 Å². The summed E-state index contributed by atoms with van der Waals surface area (Å²) in [5.41, 5.74) is 0.316. The Bertz CT molecular complexity index is 629. The Hall–Kier alpha value is -1.09. The average Bonchev–Trinajstić information content (AvgIpc) is 3.13. The minimum atomic E-state index is -1.16. The maximum absolute atomic E-state index is 12.8. The molecule has 0 aliphatic carbocycles. The minimum Gasteiger partial charge on any atom is -0.548 e. The summed E-state index contributed by atoms with van der Waals surface area (Å²) < 4.78 is 6.95. The number of hydrogen-bond acceptors (Lipinski definition) is 6. The Morgan fingerprint density at radius 3 is 2.52 bits per heavy atom. The summed E-state index contributed by atoms with van der Waals surface area (Å²) in [5.74, 6) is -1.31. The van der Waals surface area contributed by atoms with Crippen LogP contribution in [0, 0.1) is 0 Å². The molecule has 1 aromatic heterocycles. The Kier molecular flexibility index (Phi) is 6.53. The summed E-state index contributed by atoms with van der Waals surface area (Å²) in [6.07, 6.45) is 5.67. The number of nitrogens with zero attached hydrogens (tertiary/aromatic N) is 3. The van der Waals surface area contributed by atoms with Crippen molar-refractivity contribution in [2.24, 2.45) is 7.05 Å². The molecule has 0 spiro atoms. The maximum atomic E-state index is 12.8. The summed E-state index contributed by atoms with van der Waals surface area (Å²) in [4.78, 5) is 26.0. The fraction of sp³-hybridized carbons (Fsp3) is 0.688. The molecule has 3 rings (SSSR count). The molecule has 0 saturated carbocycles. The van der Waals surface area contributed by atoms with Crippen LogP contribution < -0.4 is 44.9 Å². The third-order valence-electron chi connectivity index (χ3n) is 4.97. The molecule has 0 aromatic carbocycles. The third kappa shape index (κ3) is 4.36. The first-order chi connectivity index (χ1) is 11.4. The van der Waals surface area contributed by atoms with Gasteiger partial charge < -0.3 is 24.9 Å². The topological polar surface area (TPSA) is 99.5 Å². The number of amides is 1. The number of aliphatic carboxylic acids is 1. The van der Waals surface area contributed by atoms with E-state index in [9.17, 15) is 14.7 Å². The van der Waals surface area contributed by atoms with Crippen molar-refractivity contribution >= 4 is 17.6 Å². The van der Waals surface area contributed by atoms with E-state index < -0.39 is 18.1 Å². The number of aryl methyl sites for hydroxylation is 1. The van der Waals surface area contributed by atoms with Gasteiger partial charge in [-0.2, -0.15) is 5.10 Å². The van der Waals surface area contributed by atoms with E-state index in [1.54, 1.807) is 29.0 Å². The van der Waals surface area contributed by atoms with E-state index in [1.165, 1.54) is 0 Å². The summed E-state index contributed by atoms with van der Waals surface area (Å²) in [6.45, 7) is 3.25. The number of nitrogens with one attached hydrogen (secondary N) is 1. The number of carbonyl (C=O) groups excluding carboxylic acids is 2. The van der Waals surface area contributed by atoms with Crippen LogP contribution in [0.3, 0.4) is 0 Å². The second-order valence-corrected chi connectivity index (χ2v) is 6.87. The quantitative estimate of drug-likeness (QED) is 0.554. The van der Waals surface area contributed by atoms with Crippen molar-refractivity contribution in [3.63, 3.8) is 0 Å². The molecule has 1 amide bonds. The van der Waals surface area contributed by atoms with E-state index >= 15 is 0 Å². The molecule has 2 atom stereocenters. The Labute approximate surface area is 169 Å². The van der Waals surface area contributed by atoms with Gasteiger partial charge in [0.25, 0.3) is 0 Å². The molecule has 25 heavy (non-hydrogen) atoms. The van der Waals surface area contributed by atoms with Crippen LogP contribution in [0.5, 0.6) is 0 Å². The van der Waals surface area contributed by atoms with Crippen LogP contribution >= 0.6 is 0 Å². The van der Waals surface area contributed by atoms with Crippen molar-refractivity contribution < 1.29 is 49.0 Å². The number of carboxylic acid groups (broad SMARTS) is 1. The van der Waals surface area contributed by atoms with E-state index in [0.29, 0.717) is 31.7 Å². The van der Waals surface area contributed by atoms with E-state index in [4.69, 9.17) is 4.74 Å². The van der Waals surface area contributed by atoms with Gasteiger partial charge in [-0.15, -0.1) is 0 Å². The second-order valence-electron chi connectivity index (χ2n) is 6.87. The normalized spacial score (nSPS) is 25.3. The van der Waals surface area contributed by atoms with Gasteiger partial charge in [0.2, 0.25) is 5.91 Å². The summed E-state index contributed by atoms with van der Waals surface area (Å²) in [5, 5.41) is 18.7. The van der Waals surface area contributed by atoms with Crippen molar-refractivity contribution in [3.8, 4) is 0 Å². The Morgan fingerprint density at radius 2 is 1.96 bits per heavy atom. The monoisotopic (exact) mass is 358 g/mol. The van der Waals surface area contributed by atoms with Crippen LogP contribution in [0.2, 0.25) is 0 Å². The van der Waals surface area contributed by atoms with E-state index in [2.05, 4.69) is 10.4 Å². The number of anilines is 1. The first kappa shape index (κ1) is 20.2. The van der Waals surface area contributed by atoms with Gasteiger partial charge in [0.15, 0.2) is 0 Å². The molecule has 132 valence electrons. The van der Waals surface area contributed by atoms with Gasteiger partial charge in [-0.3, -0.25) is 9.48 Å². The first-order valence-electron chi connectivity index (χ1n) is 8.27. The van der Waals surface area contributed by atoms with E-state index in [-0.39, 0.29) is 41.0 Å². The number of ether oxygens (including phenoxy) is 1. The van der Waals surface area contributed by atoms with Crippen LogP contribution in [0.4, 0.5) is 5.69 Å². The maximum Gasteiger partial charge on any atom is 1.00 e. The van der Waals surface area contributed by atoms with Gasteiger partial charge >= 0.3 is 29.6 Å². The molecule has 1 N–H and O–H groups in total. The third-order valence-corrected chi connectivity index (χ3v) is 4.97. The van der Waals surface area contributed by atoms with Gasteiger partial charge in [-0.1, -0.05) is 0 Å². The molecule has 2 aliphatic rings. The average molecular weight is 358 g/mol. The SMILES string of the molecule is Cn1cc(N2C(C(=O)[O-])CCC2C(=O)NC2(C)CCOCC2)cn1.[Na+]. The molecule has 8 nitrogen and oxygen atoms in total. The van der Waals surface area contributed by atoms with Gasteiger partial charge in [0.1, 0.15) is 6.04 Å². The standard InChI is InChI=1S/C16H24N4O4.Na/c1-16(5-7-24-8-6-16)18-14(21)12-3-4-13(15(22)23)20(12)11-9-17-19(2)10-11;/h9-10,12-13H,3-8H2,1-2H3,(H,18,21)(H,22,23);/q;+1/p-1. The Balaban J connectivity index is 0.00000225. The van der Waals surface area contributed by atoms with Gasteiger partial charge in [0.05, 0.1) is 23.9 Å². The van der Waals surface area contributed by atoms with Gasteiger partial charge in [-0.05, 0) is 32.6 Å². The van der Waals surface area contributed by atoms with E-state index in [1.807, 2.05) is 6.92 Å². The van der Waals surface area contributed by atoms with E-state index in [0.717, 1.165) is 12.8 Å². The summed E-state index contributed by atoms with van der Waals surface area (Å²) >= 11 is 0. The number of carbonyl (C=O) groups is 2. The van der Waals surface area contributed by atoms with Gasteiger partial charge in [-0.25, -0.2) is 0 Å². The number of rotatable bonds is 4. The van der Waals surface area contributed by atoms with Crippen molar-refractivity contribution in [1.29, 1.82) is 0 Å². The molecule has 2 fully saturated rings. The molecule has 2 aliphatic heterocycles. The van der Waals surface area contributed by atoms with Crippen molar-refractivity contribution in [3.05, 3.63) is 12.4 Å². The summed E-state index contributed by atoms with van der Waals surface area (Å²) in [7, 11) is 1.76. The molecule has 0 bridgehead atoms. The fourth-order valence-corrected chi connectivity index (χ4v) is 3.53. The van der Waals surface area contributed by atoms with Crippen LogP contribution in [-0.4, -0.2) is 52.5 Å². The molecular weight excluding hydrogens is 335 g/mol. The molecule has 2 saturated heterocycles. The molecule has 2 unspecified atom stereocenters. The van der Waals surface area contributed by atoms with Crippen molar-refractivity contribution in [2.75, 3.05) is 18.1 Å². The second kappa shape index (κ2) is 8.07. The number of aromatic nitrogens is 2. The zero-order chi connectivity index (χ0) is 17.3. The fourth-order valence-electron chi connectivity index (χ4n) is 3.53. The number of hydrogen-bond donors (Lipinski definition) is 1. The largest absolute Gasteiger partial charge is 1.00 e. The summed E-state index contributed by atoms with van der Waals surface area (Å²) in [6, 6.07) is -1.34. The number of carboxylic acids is 1.